The van der Waals surface area contributed by atoms with Gasteiger partial charge in [-0.2, -0.15) is 10.1 Å². The molecule has 0 aliphatic carbocycles. The van der Waals surface area contributed by atoms with Gasteiger partial charge >= 0.3 is 0 Å². The maximum absolute atomic E-state index is 5.32. The van der Waals surface area contributed by atoms with Crippen molar-refractivity contribution in [3.63, 3.8) is 0 Å². The molecule has 1 rings (SSSR count). The summed E-state index contributed by atoms with van der Waals surface area (Å²) in [6.07, 6.45) is 1.38. The molecule has 0 amide bonds. The lowest BCUT2D eigenvalue weighted by Gasteiger charge is -1.96. The van der Waals surface area contributed by atoms with Crippen LogP contribution in [0.4, 0.5) is 5.95 Å². The van der Waals surface area contributed by atoms with Crippen LogP contribution in [0.3, 0.4) is 0 Å². The van der Waals surface area contributed by atoms with Crippen molar-refractivity contribution in [1.82, 2.24) is 15.2 Å². The second kappa shape index (κ2) is 2.81. The van der Waals surface area contributed by atoms with E-state index in [0.717, 1.165) is 0 Å². The Labute approximate surface area is 57.6 Å². The third-order valence-corrected chi connectivity index (χ3v) is 0.902. The number of nitrogens with zero attached hydrogens (tertiary/aromatic N) is 3. The van der Waals surface area contributed by atoms with Gasteiger partial charge in [0.2, 0.25) is 5.95 Å². The van der Waals surface area contributed by atoms with Crippen molar-refractivity contribution in [3.05, 3.63) is 6.33 Å². The van der Waals surface area contributed by atoms with Crippen LogP contribution < -0.4 is 11.1 Å². The summed E-state index contributed by atoms with van der Waals surface area (Å²) in [5.41, 5.74) is 5.32. The SMILES string of the molecule is CN=C(N)Nc1ncn[nH]1. The Bertz CT molecular complexity index is 212. The Balaban J connectivity index is 2.56. The molecule has 0 fully saturated rings. The largest absolute Gasteiger partial charge is 0.370 e. The van der Waals surface area contributed by atoms with Crippen molar-refractivity contribution < 1.29 is 0 Å². The maximum Gasteiger partial charge on any atom is 0.225 e. The highest BCUT2D eigenvalue weighted by molar-refractivity contribution is 5.90. The van der Waals surface area contributed by atoms with Gasteiger partial charge in [-0.25, -0.2) is 5.10 Å². The van der Waals surface area contributed by atoms with E-state index in [1.807, 2.05) is 0 Å². The standard InChI is InChI=1S/C4H8N6/c1-6-3(5)9-4-7-2-8-10-4/h2H,1H3,(H4,5,6,7,8,9,10). The summed E-state index contributed by atoms with van der Waals surface area (Å²) in [5.74, 6) is 0.792. The molecular weight excluding hydrogens is 132 g/mol. The summed E-state index contributed by atoms with van der Waals surface area (Å²) >= 11 is 0. The Morgan fingerprint density at radius 1 is 1.90 bits per heavy atom. The van der Waals surface area contributed by atoms with Gasteiger partial charge in [0.05, 0.1) is 0 Å². The van der Waals surface area contributed by atoms with Crippen molar-refractivity contribution in [1.29, 1.82) is 0 Å². The minimum Gasteiger partial charge on any atom is -0.370 e. The number of H-pyrrole nitrogens is 1. The zero-order valence-corrected chi connectivity index (χ0v) is 5.50. The molecule has 10 heavy (non-hydrogen) atoms. The molecule has 0 saturated carbocycles. The lowest BCUT2D eigenvalue weighted by molar-refractivity contribution is 1.09. The van der Waals surface area contributed by atoms with Crippen molar-refractivity contribution in [2.75, 3.05) is 12.4 Å². The molecule has 0 bridgehead atoms. The Hall–Kier alpha value is -1.59. The van der Waals surface area contributed by atoms with Gasteiger partial charge in [0.15, 0.2) is 5.96 Å². The third kappa shape index (κ3) is 1.44. The average Bonchev–Trinajstić information content (AvgIpc) is 2.40. The molecule has 6 nitrogen and oxygen atoms in total. The fourth-order valence-corrected chi connectivity index (χ4v) is 0.443. The van der Waals surface area contributed by atoms with E-state index in [0.29, 0.717) is 11.9 Å². The number of aliphatic imine (C=N–C) groups is 1. The minimum absolute atomic E-state index is 0.303. The quantitative estimate of drug-likeness (QED) is 0.350. The number of aromatic nitrogens is 3. The van der Waals surface area contributed by atoms with E-state index in [2.05, 4.69) is 25.5 Å². The molecule has 0 aromatic carbocycles. The number of guanidine groups is 1. The van der Waals surface area contributed by atoms with Gasteiger partial charge in [-0.15, -0.1) is 0 Å². The molecule has 0 saturated heterocycles. The number of hydrogen-bond acceptors (Lipinski definition) is 3. The highest BCUT2D eigenvalue weighted by Gasteiger charge is 1.93. The molecule has 1 heterocycles. The van der Waals surface area contributed by atoms with E-state index < -0.39 is 0 Å². The highest BCUT2D eigenvalue weighted by Crippen LogP contribution is 1.89. The van der Waals surface area contributed by atoms with Gasteiger partial charge in [-0.3, -0.25) is 10.3 Å². The second-order valence-corrected chi connectivity index (χ2v) is 1.57. The van der Waals surface area contributed by atoms with Crippen LogP contribution >= 0.6 is 0 Å². The number of nitrogens with two attached hydrogens (primary N) is 1. The molecular formula is C4H8N6. The fraction of sp³-hybridized carbons (Fsp3) is 0.250. The van der Waals surface area contributed by atoms with E-state index in [-0.39, 0.29) is 0 Å². The summed E-state index contributed by atoms with van der Waals surface area (Å²) in [7, 11) is 1.58. The van der Waals surface area contributed by atoms with Gasteiger partial charge in [-0.1, -0.05) is 0 Å². The smallest absolute Gasteiger partial charge is 0.225 e. The highest BCUT2D eigenvalue weighted by atomic mass is 15.3. The van der Waals surface area contributed by atoms with Crippen LogP contribution in [0, 0.1) is 0 Å². The number of nitrogens with one attached hydrogen (secondary N) is 2. The van der Waals surface area contributed by atoms with Crippen LogP contribution in [0.25, 0.3) is 0 Å². The predicted molar refractivity (Wildman–Crippen MR) is 37.6 cm³/mol. The lowest BCUT2D eigenvalue weighted by atomic mass is 10.9. The first kappa shape index (κ1) is 6.53. The molecule has 1 aromatic rings. The molecule has 4 N–H and O–H groups in total. The molecule has 0 aliphatic heterocycles. The monoisotopic (exact) mass is 140 g/mol. The topological polar surface area (TPSA) is 92.0 Å². The van der Waals surface area contributed by atoms with E-state index in [1.54, 1.807) is 7.05 Å². The summed E-state index contributed by atoms with van der Waals surface area (Å²) in [4.78, 5) is 7.42. The summed E-state index contributed by atoms with van der Waals surface area (Å²) in [6.45, 7) is 0. The first-order valence-corrected chi connectivity index (χ1v) is 2.67. The first-order valence-electron chi connectivity index (χ1n) is 2.67. The Morgan fingerprint density at radius 2 is 2.70 bits per heavy atom. The van der Waals surface area contributed by atoms with Gasteiger partial charge in [0.25, 0.3) is 0 Å². The van der Waals surface area contributed by atoms with E-state index in [9.17, 15) is 0 Å². The van der Waals surface area contributed by atoms with Crippen LogP contribution in [0.2, 0.25) is 0 Å². The lowest BCUT2D eigenvalue weighted by Crippen LogP contribution is -2.22. The average molecular weight is 140 g/mol. The normalized spacial score (nSPS) is 11.5. The first-order chi connectivity index (χ1) is 4.83. The van der Waals surface area contributed by atoms with Crippen LogP contribution in [-0.4, -0.2) is 28.2 Å². The Morgan fingerprint density at radius 3 is 3.20 bits per heavy atom. The summed E-state index contributed by atoms with van der Waals surface area (Å²) < 4.78 is 0. The second-order valence-electron chi connectivity index (χ2n) is 1.57. The van der Waals surface area contributed by atoms with Crippen molar-refractivity contribution in [2.24, 2.45) is 10.7 Å². The van der Waals surface area contributed by atoms with Gasteiger partial charge in [0.1, 0.15) is 6.33 Å². The van der Waals surface area contributed by atoms with Crippen LogP contribution in [0.1, 0.15) is 0 Å². The van der Waals surface area contributed by atoms with Crippen LogP contribution in [-0.2, 0) is 0 Å². The Kier molecular flexibility index (Phi) is 1.83. The maximum atomic E-state index is 5.32. The molecule has 0 unspecified atom stereocenters. The van der Waals surface area contributed by atoms with Gasteiger partial charge in [0, 0.05) is 7.05 Å². The van der Waals surface area contributed by atoms with Crippen molar-refractivity contribution >= 4 is 11.9 Å². The zero-order chi connectivity index (χ0) is 7.40. The van der Waals surface area contributed by atoms with Gasteiger partial charge < -0.3 is 5.73 Å². The molecule has 54 valence electrons. The number of hydrogen-bond donors (Lipinski definition) is 3. The summed E-state index contributed by atoms with van der Waals surface area (Å²) in [6, 6.07) is 0. The molecule has 0 aliphatic rings. The van der Waals surface area contributed by atoms with E-state index in [1.165, 1.54) is 6.33 Å². The van der Waals surface area contributed by atoms with Gasteiger partial charge in [-0.05, 0) is 0 Å². The zero-order valence-electron chi connectivity index (χ0n) is 5.50. The van der Waals surface area contributed by atoms with Crippen molar-refractivity contribution in [2.45, 2.75) is 0 Å². The third-order valence-electron chi connectivity index (χ3n) is 0.902. The fourth-order valence-electron chi connectivity index (χ4n) is 0.443. The van der Waals surface area contributed by atoms with Crippen LogP contribution in [0.15, 0.2) is 11.3 Å². The molecule has 0 spiro atoms. The van der Waals surface area contributed by atoms with Crippen molar-refractivity contribution in [3.8, 4) is 0 Å². The molecule has 1 aromatic heterocycles. The number of aromatic amines is 1. The van der Waals surface area contributed by atoms with Crippen LogP contribution in [0.5, 0.6) is 0 Å². The number of anilines is 1. The molecule has 0 atom stereocenters. The molecule has 0 radical (unpaired) electrons. The van der Waals surface area contributed by atoms with E-state index >= 15 is 0 Å². The predicted octanol–water partition coefficient (Wildman–Crippen LogP) is -0.839. The number of rotatable bonds is 1. The minimum atomic E-state index is 0.303. The molecule has 6 heteroatoms. The van der Waals surface area contributed by atoms with E-state index in [4.69, 9.17) is 5.73 Å². The summed E-state index contributed by atoms with van der Waals surface area (Å²) in [5, 5.41) is 8.84.